The molecule has 0 saturated carbocycles. The van der Waals surface area contributed by atoms with E-state index < -0.39 is 10.0 Å². The van der Waals surface area contributed by atoms with E-state index in [1.54, 1.807) is 31.2 Å². The number of halogens is 3. The molecule has 0 saturated heterocycles. The molecule has 29 heavy (non-hydrogen) atoms. The highest BCUT2D eigenvalue weighted by atomic mass is 35.5. The van der Waals surface area contributed by atoms with Gasteiger partial charge in [-0.3, -0.25) is 9.59 Å². The van der Waals surface area contributed by atoms with Crippen molar-refractivity contribution in [1.82, 2.24) is 10.0 Å². The van der Waals surface area contributed by atoms with E-state index >= 15 is 0 Å². The number of rotatable bonds is 8. The van der Waals surface area contributed by atoms with Crippen LogP contribution in [0.3, 0.4) is 0 Å². The third kappa shape index (κ3) is 6.58. The molecule has 156 valence electrons. The molecule has 11 heteroatoms. The molecule has 0 bridgehead atoms. The number of sulfonamides is 1. The van der Waals surface area contributed by atoms with E-state index in [-0.39, 0.29) is 44.9 Å². The predicted molar refractivity (Wildman–Crippen MR) is 114 cm³/mol. The average molecular weight is 479 g/mol. The van der Waals surface area contributed by atoms with Gasteiger partial charge in [0.1, 0.15) is 4.90 Å². The Kier molecular flexibility index (Phi) is 8.30. The molecule has 7 nitrogen and oxygen atoms in total. The van der Waals surface area contributed by atoms with Crippen molar-refractivity contribution in [3.63, 3.8) is 0 Å². The molecule has 0 aliphatic heterocycles. The minimum atomic E-state index is -3.93. The van der Waals surface area contributed by atoms with E-state index in [1.807, 2.05) is 0 Å². The van der Waals surface area contributed by atoms with Gasteiger partial charge in [-0.05, 0) is 36.4 Å². The molecule has 0 fully saturated rings. The summed E-state index contributed by atoms with van der Waals surface area (Å²) in [6, 6.07) is 8.73. The maximum absolute atomic E-state index is 12.3. The zero-order valence-electron chi connectivity index (χ0n) is 15.3. The summed E-state index contributed by atoms with van der Waals surface area (Å²) in [5.41, 5.74) is 0.953. The van der Waals surface area contributed by atoms with Crippen molar-refractivity contribution in [3.05, 3.63) is 57.0 Å². The third-order valence-electron chi connectivity index (χ3n) is 3.72. The highest BCUT2D eigenvalue weighted by Gasteiger charge is 2.19. The quantitative estimate of drug-likeness (QED) is 0.397. The topological polar surface area (TPSA) is 104 Å². The van der Waals surface area contributed by atoms with E-state index in [0.717, 1.165) is 6.07 Å². The van der Waals surface area contributed by atoms with Gasteiger partial charge in [-0.2, -0.15) is 0 Å². The fraction of sp³-hybridized carbons (Fsp3) is 0.222. The number of carbonyl (C=O) groups excluding carboxylic acids is 2. The SMILES string of the molecule is CCC(=O)Nc1ccc(C(=O)NCCNS(=O)(=O)c2cc(Cl)c(Cl)cc2Cl)cc1. The lowest BCUT2D eigenvalue weighted by Crippen LogP contribution is -2.34. The molecule has 0 radical (unpaired) electrons. The Hall–Kier alpha value is -1.84. The fourth-order valence-corrected chi connectivity index (χ4v) is 4.24. The number of anilines is 1. The van der Waals surface area contributed by atoms with Crippen LogP contribution in [0.25, 0.3) is 0 Å². The van der Waals surface area contributed by atoms with E-state index in [2.05, 4.69) is 15.4 Å². The highest BCUT2D eigenvalue weighted by molar-refractivity contribution is 7.89. The second-order valence-corrected chi connectivity index (χ2v) is 8.79. The Bertz CT molecular complexity index is 1010. The first-order chi connectivity index (χ1) is 13.6. The second-order valence-electron chi connectivity index (χ2n) is 5.83. The van der Waals surface area contributed by atoms with Gasteiger partial charge in [-0.15, -0.1) is 0 Å². The lowest BCUT2D eigenvalue weighted by atomic mass is 10.2. The monoisotopic (exact) mass is 477 g/mol. The molecule has 0 unspecified atom stereocenters. The van der Waals surface area contributed by atoms with Crippen molar-refractivity contribution >= 4 is 62.3 Å². The predicted octanol–water partition coefficient (Wildman–Crippen LogP) is 3.70. The molecule has 3 N–H and O–H groups in total. The molecular weight excluding hydrogens is 461 g/mol. The molecule has 0 atom stereocenters. The summed E-state index contributed by atoms with van der Waals surface area (Å²) in [5.74, 6) is -0.512. The summed E-state index contributed by atoms with van der Waals surface area (Å²) in [5, 5.41) is 5.41. The van der Waals surface area contributed by atoms with Crippen molar-refractivity contribution in [2.45, 2.75) is 18.2 Å². The van der Waals surface area contributed by atoms with Gasteiger partial charge >= 0.3 is 0 Å². The molecule has 0 heterocycles. The molecule has 2 aromatic rings. The molecule has 0 aliphatic carbocycles. The van der Waals surface area contributed by atoms with Crippen LogP contribution in [0.2, 0.25) is 15.1 Å². The van der Waals surface area contributed by atoms with Crippen LogP contribution in [0.1, 0.15) is 23.7 Å². The number of hydrogen-bond acceptors (Lipinski definition) is 4. The van der Waals surface area contributed by atoms with Crippen molar-refractivity contribution in [2.75, 3.05) is 18.4 Å². The highest BCUT2D eigenvalue weighted by Crippen LogP contribution is 2.31. The lowest BCUT2D eigenvalue weighted by molar-refractivity contribution is -0.115. The summed E-state index contributed by atoms with van der Waals surface area (Å²) in [4.78, 5) is 23.3. The van der Waals surface area contributed by atoms with Crippen molar-refractivity contribution in [3.8, 4) is 0 Å². The zero-order chi connectivity index (χ0) is 21.6. The number of benzene rings is 2. The van der Waals surface area contributed by atoms with Gasteiger partial charge < -0.3 is 10.6 Å². The van der Waals surface area contributed by atoms with Crippen LogP contribution in [0.4, 0.5) is 5.69 Å². The summed E-state index contributed by atoms with van der Waals surface area (Å²) < 4.78 is 27.0. The van der Waals surface area contributed by atoms with Gasteiger partial charge in [0, 0.05) is 30.8 Å². The minimum absolute atomic E-state index is 0.0470. The summed E-state index contributed by atoms with van der Waals surface area (Å²) >= 11 is 17.6. The van der Waals surface area contributed by atoms with Gasteiger partial charge in [-0.1, -0.05) is 41.7 Å². The molecule has 2 amide bonds. The summed E-state index contributed by atoms with van der Waals surface area (Å²) in [7, 11) is -3.93. The van der Waals surface area contributed by atoms with Crippen molar-refractivity contribution in [2.24, 2.45) is 0 Å². The van der Waals surface area contributed by atoms with E-state index in [4.69, 9.17) is 34.8 Å². The van der Waals surface area contributed by atoms with Gasteiger partial charge in [0.15, 0.2) is 0 Å². The summed E-state index contributed by atoms with van der Waals surface area (Å²) in [6.07, 6.45) is 0.353. The van der Waals surface area contributed by atoms with Gasteiger partial charge in [0.05, 0.1) is 15.1 Å². The normalized spacial score (nSPS) is 11.2. The maximum atomic E-state index is 12.3. The molecule has 2 aromatic carbocycles. The largest absolute Gasteiger partial charge is 0.351 e. The smallest absolute Gasteiger partial charge is 0.251 e. The van der Waals surface area contributed by atoms with Gasteiger partial charge in [-0.25, -0.2) is 13.1 Å². The number of carbonyl (C=O) groups is 2. The standard InChI is InChI=1S/C18H18Cl3N3O4S/c1-2-17(25)24-12-5-3-11(4-6-12)18(26)22-7-8-23-29(27,28)16-10-14(20)13(19)9-15(16)21/h3-6,9-10,23H,2,7-8H2,1H3,(H,22,26)(H,24,25). The number of hydrogen-bond donors (Lipinski definition) is 3. The molecule has 0 spiro atoms. The zero-order valence-corrected chi connectivity index (χ0v) is 18.3. The molecular formula is C18H18Cl3N3O4S. The van der Waals surface area contributed by atoms with E-state index in [9.17, 15) is 18.0 Å². The Balaban J connectivity index is 1.89. The first kappa shape index (κ1) is 23.4. The summed E-state index contributed by atoms with van der Waals surface area (Å²) in [6.45, 7) is 1.72. The molecule has 2 rings (SSSR count). The van der Waals surface area contributed by atoms with Crippen LogP contribution >= 0.6 is 34.8 Å². The maximum Gasteiger partial charge on any atom is 0.251 e. The molecule has 0 aliphatic rings. The minimum Gasteiger partial charge on any atom is -0.351 e. The van der Waals surface area contributed by atoms with Crippen LogP contribution < -0.4 is 15.4 Å². The lowest BCUT2D eigenvalue weighted by Gasteiger charge is -2.10. The van der Waals surface area contributed by atoms with Crippen molar-refractivity contribution in [1.29, 1.82) is 0 Å². The van der Waals surface area contributed by atoms with Crippen LogP contribution in [0.5, 0.6) is 0 Å². The van der Waals surface area contributed by atoms with Crippen LogP contribution in [0, 0.1) is 0 Å². The first-order valence-corrected chi connectivity index (χ1v) is 11.1. The van der Waals surface area contributed by atoms with E-state index in [1.165, 1.54) is 6.07 Å². The Morgan fingerprint density at radius 1 is 0.931 bits per heavy atom. The number of amides is 2. The Labute approximate surface area is 183 Å². The number of nitrogens with one attached hydrogen (secondary N) is 3. The Morgan fingerprint density at radius 3 is 2.17 bits per heavy atom. The van der Waals surface area contributed by atoms with Gasteiger partial charge in [0.25, 0.3) is 5.91 Å². The second kappa shape index (κ2) is 10.3. The van der Waals surface area contributed by atoms with E-state index in [0.29, 0.717) is 17.7 Å². The van der Waals surface area contributed by atoms with Crippen molar-refractivity contribution < 1.29 is 18.0 Å². The van der Waals surface area contributed by atoms with Crippen LogP contribution in [-0.4, -0.2) is 33.3 Å². The first-order valence-electron chi connectivity index (χ1n) is 8.46. The average Bonchev–Trinajstić information content (AvgIpc) is 2.68. The Morgan fingerprint density at radius 2 is 1.55 bits per heavy atom. The van der Waals surface area contributed by atoms with Gasteiger partial charge in [0.2, 0.25) is 15.9 Å². The van der Waals surface area contributed by atoms with Crippen LogP contribution in [-0.2, 0) is 14.8 Å². The van der Waals surface area contributed by atoms with Crippen LogP contribution in [0.15, 0.2) is 41.3 Å². The molecule has 0 aromatic heterocycles. The fourth-order valence-electron chi connectivity index (χ4n) is 2.21. The third-order valence-corrected chi connectivity index (χ3v) is 6.37.